The van der Waals surface area contributed by atoms with Gasteiger partial charge in [0.2, 0.25) is 0 Å². The van der Waals surface area contributed by atoms with Crippen molar-refractivity contribution in [3.8, 4) is 22.8 Å². The summed E-state index contributed by atoms with van der Waals surface area (Å²) in [6.07, 6.45) is 2.25. The molecule has 138 valence electrons. The van der Waals surface area contributed by atoms with Gasteiger partial charge in [-0.25, -0.2) is 9.97 Å². The van der Waals surface area contributed by atoms with Crippen LogP contribution in [0, 0.1) is 11.8 Å². The molecule has 2 aromatic carbocycles. The summed E-state index contributed by atoms with van der Waals surface area (Å²) in [5.74, 6) is 7.88. The molecule has 6 heteroatoms. The molecule has 0 amide bonds. The Morgan fingerprint density at radius 3 is 2.79 bits per heavy atom. The molecule has 28 heavy (non-hydrogen) atoms. The normalized spacial score (nSPS) is 11.5. The summed E-state index contributed by atoms with van der Waals surface area (Å²) in [5, 5.41) is 6.92. The van der Waals surface area contributed by atoms with E-state index in [9.17, 15) is 0 Å². The van der Waals surface area contributed by atoms with Gasteiger partial charge in [-0.1, -0.05) is 47.6 Å². The van der Waals surface area contributed by atoms with Crippen molar-refractivity contribution in [3.63, 3.8) is 0 Å². The predicted octanol–water partition coefficient (Wildman–Crippen LogP) is 5.12. The number of benzene rings is 2. The van der Waals surface area contributed by atoms with Gasteiger partial charge in [-0.05, 0) is 37.1 Å². The number of rotatable bonds is 5. The number of hydrogen-bond acceptors (Lipinski definition) is 6. The monoisotopic (exact) mass is 386 g/mol. The lowest BCUT2D eigenvalue weighted by Crippen LogP contribution is -2.15. The minimum Gasteiger partial charge on any atom is -0.431 e. The van der Waals surface area contributed by atoms with Gasteiger partial charge in [0.15, 0.2) is 0 Å². The van der Waals surface area contributed by atoms with E-state index >= 15 is 0 Å². The van der Waals surface area contributed by atoms with Crippen LogP contribution in [0.5, 0.6) is 10.9 Å². The maximum atomic E-state index is 5.72. The average molecular weight is 386 g/mol. The Kier molecular flexibility index (Phi) is 5.46. The van der Waals surface area contributed by atoms with Crippen molar-refractivity contribution in [2.75, 3.05) is 5.32 Å². The maximum absolute atomic E-state index is 5.72. The summed E-state index contributed by atoms with van der Waals surface area (Å²) in [5.41, 5.74) is 1.64. The van der Waals surface area contributed by atoms with Crippen molar-refractivity contribution in [2.45, 2.75) is 19.4 Å². The molecule has 2 aromatic heterocycles. The quantitative estimate of drug-likeness (QED) is 0.482. The second-order valence-corrected chi connectivity index (χ2v) is 7.03. The number of thiazole rings is 1. The van der Waals surface area contributed by atoms with E-state index in [0.29, 0.717) is 11.6 Å². The molecule has 0 spiro atoms. The Labute approximate surface area is 167 Å². The summed E-state index contributed by atoms with van der Waals surface area (Å²) >= 11 is 1.44. The van der Waals surface area contributed by atoms with E-state index in [2.05, 4.69) is 39.0 Å². The van der Waals surface area contributed by atoms with E-state index in [4.69, 9.17) is 4.74 Å². The third-order valence-corrected chi connectivity index (χ3v) is 4.70. The van der Waals surface area contributed by atoms with Crippen molar-refractivity contribution in [2.24, 2.45) is 0 Å². The van der Waals surface area contributed by atoms with Gasteiger partial charge in [-0.3, -0.25) is 0 Å². The number of anilines is 1. The molecule has 4 aromatic rings. The zero-order valence-corrected chi connectivity index (χ0v) is 16.1. The number of ether oxygens (including phenoxy) is 1. The average Bonchev–Trinajstić information content (AvgIpc) is 3.16. The van der Waals surface area contributed by atoms with E-state index in [-0.39, 0.29) is 6.04 Å². The molecule has 0 radical (unpaired) electrons. The highest BCUT2D eigenvalue weighted by Crippen LogP contribution is 2.24. The van der Waals surface area contributed by atoms with E-state index < -0.39 is 0 Å². The highest BCUT2D eigenvalue weighted by atomic mass is 32.1. The summed E-state index contributed by atoms with van der Waals surface area (Å²) in [7, 11) is 0. The van der Waals surface area contributed by atoms with Crippen molar-refractivity contribution >= 4 is 28.1 Å². The van der Waals surface area contributed by atoms with Crippen LogP contribution in [0.3, 0.4) is 0 Å². The van der Waals surface area contributed by atoms with Gasteiger partial charge in [0.25, 0.3) is 5.19 Å². The van der Waals surface area contributed by atoms with E-state index in [1.807, 2.05) is 60.0 Å². The highest BCUT2D eigenvalue weighted by molar-refractivity contribution is 7.11. The molecular formula is C22H18N4OS. The van der Waals surface area contributed by atoms with Gasteiger partial charge >= 0.3 is 0 Å². The van der Waals surface area contributed by atoms with Crippen LogP contribution in [-0.4, -0.2) is 21.0 Å². The molecule has 5 nitrogen and oxygen atoms in total. The second-order valence-electron chi connectivity index (χ2n) is 6.20. The number of aromatic nitrogens is 3. The van der Waals surface area contributed by atoms with E-state index in [1.165, 1.54) is 11.3 Å². The summed E-state index contributed by atoms with van der Waals surface area (Å²) < 4.78 is 5.72. The Balaban J connectivity index is 1.37. The molecule has 4 rings (SSSR count). The number of fused-ring (bicyclic) bond motifs is 1. The topological polar surface area (TPSA) is 59.9 Å². The predicted molar refractivity (Wildman–Crippen MR) is 113 cm³/mol. The highest BCUT2D eigenvalue weighted by Gasteiger charge is 2.06. The van der Waals surface area contributed by atoms with Crippen LogP contribution in [0.2, 0.25) is 0 Å². The third kappa shape index (κ3) is 4.45. The van der Waals surface area contributed by atoms with Crippen molar-refractivity contribution in [1.29, 1.82) is 0 Å². The van der Waals surface area contributed by atoms with Crippen LogP contribution < -0.4 is 10.1 Å². The Morgan fingerprint density at radius 1 is 1.07 bits per heavy atom. The SMILES string of the molecule is CC(CC#Cc1csc(Oc2ccccc2)n1)Nc1ncnc2ccccc12. The first-order valence-electron chi connectivity index (χ1n) is 8.91. The van der Waals surface area contributed by atoms with Gasteiger partial charge in [0.1, 0.15) is 23.6 Å². The van der Waals surface area contributed by atoms with Crippen LogP contribution in [0.1, 0.15) is 19.0 Å². The minimum absolute atomic E-state index is 0.143. The molecule has 0 fully saturated rings. The lowest BCUT2D eigenvalue weighted by molar-refractivity contribution is 0.478. The van der Waals surface area contributed by atoms with Gasteiger partial charge in [0, 0.05) is 23.2 Å². The Hall–Kier alpha value is -3.43. The van der Waals surface area contributed by atoms with E-state index in [1.54, 1.807) is 6.33 Å². The molecule has 0 aliphatic heterocycles. The number of para-hydroxylation sites is 2. The molecule has 0 saturated heterocycles. The second kappa shape index (κ2) is 8.51. The molecule has 0 saturated carbocycles. The summed E-state index contributed by atoms with van der Waals surface area (Å²) in [6, 6.07) is 17.7. The van der Waals surface area contributed by atoms with Gasteiger partial charge < -0.3 is 10.1 Å². The Morgan fingerprint density at radius 2 is 1.89 bits per heavy atom. The summed E-state index contributed by atoms with van der Waals surface area (Å²) in [4.78, 5) is 13.1. The molecule has 0 bridgehead atoms. The van der Waals surface area contributed by atoms with Crippen LogP contribution in [0.4, 0.5) is 5.82 Å². The molecular weight excluding hydrogens is 368 g/mol. The molecule has 1 atom stereocenters. The smallest absolute Gasteiger partial charge is 0.279 e. The first-order chi connectivity index (χ1) is 13.8. The molecule has 0 aliphatic rings. The van der Waals surface area contributed by atoms with Crippen LogP contribution in [0.25, 0.3) is 10.9 Å². The van der Waals surface area contributed by atoms with Crippen LogP contribution in [0.15, 0.2) is 66.3 Å². The zero-order chi connectivity index (χ0) is 19.2. The molecule has 0 aliphatic carbocycles. The number of hydrogen-bond donors (Lipinski definition) is 1. The summed E-state index contributed by atoms with van der Waals surface area (Å²) in [6.45, 7) is 2.08. The van der Waals surface area contributed by atoms with Crippen LogP contribution >= 0.6 is 11.3 Å². The van der Waals surface area contributed by atoms with Gasteiger partial charge in [-0.15, -0.1) is 0 Å². The largest absolute Gasteiger partial charge is 0.431 e. The minimum atomic E-state index is 0.143. The standard InChI is InChI=1S/C22H18N4OS/c1-16(25-21-19-12-5-6-13-20(19)23-15-24-21)8-7-9-17-14-28-22(26-17)27-18-10-3-2-4-11-18/h2-6,10-16H,8H2,1H3,(H,23,24,25). The van der Waals surface area contributed by atoms with Crippen molar-refractivity contribution in [3.05, 3.63) is 72.0 Å². The van der Waals surface area contributed by atoms with Crippen LogP contribution in [-0.2, 0) is 0 Å². The number of nitrogens with one attached hydrogen (secondary N) is 1. The Bertz CT molecular complexity index is 1130. The fraction of sp³-hybridized carbons (Fsp3) is 0.136. The fourth-order valence-corrected chi connectivity index (χ4v) is 3.27. The maximum Gasteiger partial charge on any atom is 0.279 e. The first kappa shape index (κ1) is 18.0. The van der Waals surface area contributed by atoms with Crippen molar-refractivity contribution < 1.29 is 4.74 Å². The van der Waals surface area contributed by atoms with E-state index in [0.717, 1.165) is 28.2 Å². The molecule has 2 heterocycles. The zero-order valence-electron chi connectivity index (χ0n) is 15.3. The lowest BCUT2D eigenvalue weighted by Gasteiger charge is -2.13. The third-order valence-electron chi connectivity index (χ3n) is 3.98. The molecule has 1 unspecified atom stereocenters. The number of nitrogens with zero attached hydrogens (tertiary/aromatic N) is 3. The first-order valence-corrected chi connectivity index (χ1v) is 9.79. The van der Waals surface area contributed by atoms with Gasteiger partial charge in [0.05, 0.1) is 5.52 Å². The fourth-order valence-electron chi connectivity index (χ4n) is 2.65. The van der Waals surface area contributed by atoms with Crippen molar-refractivity contribution in [1.82, 2.24) is 15.0 Å². The lowest BCUT2D eigenvalue weighted by atomic mass is 10.2. The van der Waals surface area contributed by atoms with Gasteiger partial charge in [-0.2, -0.15) is 4.98 Å². The molecule has 1 N–H and O–H groups in total.